The molecule has 4 N–H and O–H groups in total. The summed E-state index contributed by atoms with van der Waals surface area (Å²) in [5.74, 6) is 0.859. The van der Waals surface area contributed by atoms with E-state index < -0.39 is 17.1 Å². The van der Waals surface area contributed by atoms with Crippen molar-refractivity contribution in [3.63, 3.8) is 0 Å². The van der Waals surface area contributed by atoms with Gasteiger partial charge in [0.2, 0.25) is 5.91 Å². The van der Waals surface area contributed by atoms with Crippen molar-refractivity contribution in [3.05, 3.63) is 75.5 Å². The maximum atomic E-state index is 14.1. The number of carbonyl (C=O) groups excluding carboxylic acids is 1. The molecule has 0 saturated heterocycles. The van der Waals surface area contributed by atoms with Crippen molar-refractivity contribution in [3.8, 4) is 28.4 Å². The fourth-order valence-electron chi connectivity index (χ4n) is 6.01. The number of aromatic nitrogens is 1. The van der Waals surface area contributed by atoms with Crippen molar-refractivity contribution < 1.29 is 33.7 Å². The van der Waals surface area contributed by atoms with Crippen molar-refractivity contribution in [2.75, 3.05) is 6.54 Å². The van der Waals surface area contributed by atoms with Crippen LogP contribution in [0.15, 0.2) is 47.4 Å². The Hall–Kier alpha value is -4.38. The first-order valence-corrected chi connectivity index (χ1v) is 15.6. The highest BCUT2D eigenvalue weighted by atomic mass is 19.1. The van der Waals surface area contributed by atoms with Crippen LogP contribution in [-0.4, -0.2) is 45.5 Å². The molecule has 2 aliphatic rings. The molecule has 46 heavy (non-hydrogen) atoms. The maximum absolute atomic E-state index is 14.1. The highest BCUT2D eigenvalue weighted by Crippen LogP contribution is 2.46. The van der Waals surface area contributed by atoms with Gasteiger partial charge in [-0.05, 0) is 107 Å². The highest BCUT2D eigenvalue weighted by Gasteiger charge is 2.50. The molecule has 2 aliphatic carbocycles. The number of aryl methyl sites for hydroxylation is 3. The first kappa shape index (κ1) is 33.0. The van der Waals surface area contributed by atoms with Crippen LogP contribution in [0.25, 0.3) is 11.1 Å². The predicted octanol–water partition coefficient (Wildman–Crippen LogP) is 5.68. The molecule has 246 valence electrons. The minimum Gasteiger partial charge on any atom is -0.490 e. The Morgan fingerprint density at radius 1 is 1.02 bits per heavy atom. The number of amides is 2. The van der Waals surface area contributed by atoms with Crippen LogP contribution in [0.3, 0.4) is 0 Å². The van der Waals surface area contributed by atoms with Crippen molar-refractivity contribution in [2.45, 2.75) is 84.0 Å². The third-order valence-corrected chi connectivity index (χ3v) is 9.02. The van der Waals surface area contributed by atoms with Crippen LogP contribution in [0.2, 0.25) is 0 Å². The van der Waals surface area contributed by atoms with Crippen LogP contribution in [-0.2, 0) is 17.4 Å². The van der Waals surface area contributed by atoms with Crippen molar-refractivity contribution >= 4 is 12.0 Å². The third kappa shape index (κ3) is 7.36. The Morgan fingerprint density at radius 3 is 2.26 bits per heavy atom. The molecule has 0 spiro atoms. The molecule has 10 nitrogen and oxygen atoms in total. The number of nitrogens with zero attached hydrogens (tertiary/aromatic N) is 1. The fraction of sp³-hybridized carbons (Fsp3) is 0.457. The van der Waals surface area contributed by atoms with Crippen LogP contribution in [0.1, 0.15) is 69.1 Å². The lowest BCUT2D eigenvalue weighted by Crippen LogP contribution is -2.46. The summed E-state index contributed by atoms with van der Waals surface area (Å²) in [6.07, 6.45) is 4.26. The molecule has 0 atom stereocenters. The molecule has 5 rings (SSSR count). The zero-order valence-corrected chi connectivity index (χ0v) is 26.9. The molecule has 1 aromatic heterocycles. The number of hydrogen-bond donors (Lipinski definition) is 4. The first-order valence-electron chi connectivity index (χ1n) is 15.6. The van der Waals surface area contributed by atoms with Gasteiger partial charge in [0.15, 0.2) is 0 Å². The molecule has 2 amide bonds. The number of benzene rings is 2. The fourth-order valence-corrected chi connectivity index (χ4v) is 6.01. The quantitative estimate of drug-likeness (QED) is 0.225. The molecule has 2 aromatic carbocycles. The Kier molecular flexibility index (Phi) is 9.17. The molecule has 2 fully saturated rings. The first-order chi connectivity index (χ1) is 21.6. The lowest BCUT2D eigenvalue weighted by molar-refractivity contribution is -0.127. The van der Waals surface area contributed by atoms with Gasteiger partial charge in [0.1, 0.15) is 23.1 Å². The van der Waals surface area contributed by atoms with Crippen molar-refractivity contribution in [1.29, 1.82) is 0 Å². The minimum atomic E-state index is -1.16. The number of carbonyl (C=O) groups is 2. The molecule has 1 heterocycles. The van der Waals surface area contributed by atoms with E-state index in [1.54, 1.807) is 53.1 Å². The Bertz CT molecular complexity index is 1680. The number of aliphatic hydroxyl groups is 1. The summed E-state index contributed by atoms with van der Waals surface area (Å²) in [7, 11) is 1.65. The zero-order chi connectivity index (χ0) is 33.4. The second-order valence-corrected chi connectivity index (χ2v) is 13.2. The van der Waals surface area contributed by atoms with E-state index in [2.05, 4.69) is 10.6 Å². The van der Waals surface area contributed by atoms with Gasteiger partial charge in [-0.1, -0.05) is 6.07 Å². The molecule has 3 aromatic rings. The molecule has 0 unspecified atom stereocenters. The third-order valence-electron chi connectivity index (χ3n) is 9.02. The van der Waals surface area contributed by atoms with E-state index in [0.29, 0.717) is 83.6 Å². The molecular formula is C35H42FN3O7. The van der Waals surface area contributed by atoms with Gasteiger partial charge in [0, 0.05) is 43.0 Å². The summed E-state index contributed by atoms with van der Waals surface area (Å²) in [5.41, 5.74) is 0.996. The second-order valence-electron chi connectivity index (χ2n) is 13.2. The summed E-state index contributed by atoms with van der Waals surface area (Å²) in [4.78, 5) is 36.7. The number of rotatable bonds is 10. The summed E-state index contributed by atoms with van der Waals surface area (Å²) in [5, 5.41) is 25.2. The van der Waals surface area contributed by atoms with Crippen LogP contribution in [0.5, 0.6) is 17.2 Å². The number of carboxylic acid groups (broad SMARTS) is 1. The lowest BCUT2D eigenvalue weighted by atomic mass is 9.91. The van der Waals surface area contributed by atoms with E-state index in [1.165, 1.54) is 22.8 Å². The van der Waals surface area contributed by atoms with Gasteiger partial charge >= 0.3 is 6.09 Å². The SMILES string of the molecule is Cc1cc(F)cc(C)c1Oc1ccc(C(C)(C)O)cc1-c1cn(C)c(=O)cc1O[C@H]1CC[C@H](NC(=O)C2(CNC(=O)O)CC2)CC1. The number of halogens is 1. The van der Waals surface area contributed by atoms with E-state index >= 15 is 0 Å². The predicted molar refractivity (Wildman–Crippen MR) is 171 cm³/mol. The van der Waals surface area contributed by atoms with Gasteiger partial charge in [0.25, 0.3) is 5.56 Å². The van der Waals surface area contributed by atoms with Gasteiger partial charge in [-0.15, -0.1) is 0 Å². The normalized spacial score (nSPS) is 18.8. The van der Waals surface area contributed by atoms with E-state index in [1.807, 2.05) is 6.07 Å². The molecule has 11 heteroatoms. The Labute approximate surface area is 267 Å². The Balaban J connectivity index is 1.39. The molecule has 0 aliphatic heterocycles. The van der Waals surface area contributed by atoms with E-state index in [4.69, 9.17) is 14.6 Å². The summed E-state index contributed by atoms with van der Waals surface area (Å²) >= 11 is 0. The van der Waals surface area contributed by atoms with Gasteiger partial charge in [-0.25, -0.2) is 9.18 Å². The largest absolute Gasteiger partial charge is 0.490 e. The average Bonchev–Trinajstić information content (AvgIpc) is 3.78. The summed E-state index contributed by atoms with van der Waals surface area (Å²) in [6, 6.07) is 9.55. The monoisotopic (exact) mass is 635 g/mol. The molecule has 0 bridgehead atoms. The van der Waals surface area contributed by atoms with Gasteiger partial charge in [-0.2, -0.15) is 0 Å². The number of hydrogen-bond acceptors (Lipinski definition) is 6. The Morgan fingerprint density at radius 2 is 1.67 bits per heavy atom. The van der Waals surface area contributed by atoms with Crippen LogP contribution < -0.4 is 25.7 Å². The number of pyridine rings is 1. The van der Waals surface area contributed by atoms with E-state index in [0.717, 1.165) is 0 Å². The smallest absolute Gasteiger partial charge is 0.404 e. The second kappa shape index (κ2) is 12.8. The summed E-state index contributed by atoms with van der Waals surface area (Å²) < 4.78 is 28.4. The number of ether oxygens (including phenoxy) is 2. The maximum Gasteiger partial charge on any atom is 0.404 e. The van der Waals surface area contributed by atoms with E-state index in [-0.39, 0.29) is 36.0 Å². The molecule has 2 saturated carbocycles. The van der Waals surface area contributed by atoms with Crippen LogP contribution in [0.4, 0.5) is 9.18 Å². The van der Waals surface area contributed by atoms with Crippen LogP contribution >= 0.6 is 0 Å². The van der Waals surface area contributed by atoms with Crippen molar-refractivity contribution in [2.24, 2.45) is 12.5 Å². The topological polar surface area (TPSA) is 139 Å². The summed E-state index contributed by atoms with van der Waals surface area (Å²) in [6.45, 7) is 7.02. The highest BCUT2D eigenvalue weighted by molar-refractivity contribution is 5.86. The lowest BCUT2D eigenvalue weighted by Gasteiger charge is -2.31. The number of nitrogens with one attached hydrogen (secondary N) is 2. The van der Waals surface area contributed by atoms with Gasteiger partial charge < -0.3 is 34.9 Å². The van der Waals surface area contributed by atoms with Gasteiger partial charge in [0.05, 0.1) is 17.1 Å². The van der Waals surface area contributed by atoms with Gasteiger partial charge in [-0.3, -0.25) is 9.59 Å². The average molecular weight is 636 g/mol. The standard InChI is InChI=1S/C35H42FN3O7/c1-20-14-23(36)15-21(2)31(20)46-28-11-6-22(34(3,4)44)16-26(28)27-18-39(5)30(40)17-29(27)45-25-9-7-24(8-10-25)38-32(41)35(12-13-35)19-37-33(42)43/h6,11,14-18,24-25,37,44H,7-10,12-13,19H2,1-5H3,(H,38,41)(H,42,43)/t24-,25-. The minimum absolute atomic E-state index is 0.0524. The molecular weight excluding hydrogens is 593 g/mol. The van der Waals surface area contributed by atoms with Crippen molar-refractivity contribution in [1.82, 2.24) is 15.2 Å². The zero-order valence-electron chi connectivity index (χ0n) is 26.9. The van der Waals surface area contributed by atoms with Crippen LogP contribution in [0, 0.1) is 25.1 Å². The van der Waals surface area contributed by atoms with E-state index in [9.17, 15) is 23.9 Å². The molecule has 0 radical (unpaired) electrons.